The van der Waals surface area contributed by atoms with Crippen LogP contribution in [0.1, 0.15) is 25.5 Å². The highest BCUT2D eigenvalue weighted by Gasteiger charge is 2.21. The molecule has 0 radical (unpaired) electrons. The summed E-state index contributed by atoms with van der Waals surface area (Å²) >= 11 is 0. The van der Waals surface area contributed by atoms with Crippen molar-refractivity contribution in [1.29, 1.82) is 0 Å². The van der Waals surface area contributed by atoms with Crippen LogP contribution in [-0.2, 0) is 16.1 Å². The van der Waals surface area contributed by atoms with Crippen molar-refractivity contribution in [3.8, 4) is 0 Å². The summed E-state index contributed by atoms with van der Waals surface area (Å²) in [4.78, 5) is 37.8. The Bertz CT molecular complexity index is 547. The van der Waals surface area contributed by atoms with Crippen LogP contribution in [0.3, 0.4) is 0 Å². The molecule has 1 aromatic heterocycles. The smallest absolute Gasteiger partial charge is 0.302 e. The van der Waals surface area contributed by atoms with Crippen LogP contribution >= 0.6 is 0 Å². The van der Waals surface area contributed by atoms with Crippen molar-refractivity contribution in [2.45, 2.75) is 32.4 Å². The lowest BCUT2D eigenvalue weighted by molar-refractivity contribution is -0.148. The molecule has 0 bridgehead atoms. The van der Waals surface area contributed by atoms with E-state index in [2.05, 4.69) is 15.1 Å². The molecule has 108 valence electrons. The van der Waals surface area contributed by atoms with Gasteiger partial charge in [-0.25, -0.2) is 0 Å². The zero-order chi connectivity index (χ0) is 14.5. The van der Waals surface area contributed by atoms with Gasteiger partial charge in [0.25, 0.3) is 0 Å². The van der Waals surface area contributed by atoms with E-state index in [1.807, 2.05) is 0 Å². The number of aromatic nitrogens is 1. The molecule has 0 aliphatic carbocycles. The molecule has 1 N–H and O–H groups in total. The fourth-order valence-corrected chi connectivity index (χ4v) is 2.33. The molecule has 1 fully saturated rings. The number of carbonyl (C=O) groups is 1. The summed E-state index contributed by atoms with van der Waals surface area (Å²) in [5.74, 6) is -0.246. The van der Waals surface area contributed by atoms with Crippen LogP contribution in [0.15, 0.2) is 22.2 Å². The van der Waals surface area contributed by atoms with E-state index in [1.165, 1.54) is 19.2 Å². The number of nitrogens with zero attached hydrogens (tertiary/aromatic N) is 2. The van der Waals surface area contributed by atoms with E-state index in [4.69, 9.17) is 4.74 Å². The van der Waals surface area contributed by atoms with Gasteiger partial charge in [0.1, 0.15) is 6.10 Å². The van der Waals surface area contributed by atoms with Gasteiger partial charge in [-0.3, -0.25) is 14.5 Å². The minimum absolute atomic E-state index is 0.00978. The monoisotopic (exact) mass is 279 g/mol. The van der Waals surface area contributed by atoms with Gasteiger partial charge in [0.05, 0.1) is 0 Å². The Morgan fingerprint density at radius 3 is 2.75 bits per heavy atom. The zero-order valence-corrected chi connectivity index (χ0v) is 11.3. The predicted molar refractivity (Wildman–Crippen MR) is 72.6 cm³/mol. The molecule has 2 heterocycles. The summed E-state index contributed by atoms with van der Waals surface area (Å²) < 4.78 is 5.17. The van der Waals surface area contributed by atoms with Crippen LogP contribution in [0.5, 0.6) is 0 Å². The quantitative estimate of drug-likeness (QED) is 0.662. The maximum Gasteiger partial charge on any atom is 0.302 e. The normalized spacial score (nSPS) is 16.9. The summed E-state index contributed by atoms with van der Waals surface area (Å²) in [6.07, 6.45) is 2.90. The fourth-order valence-electron chi connectivity index (χ4n) is 2.33. The van der Waals surface area contributed by atoms with E-state index in [9.17, 15) is 14.5 Å². The van der Waals surface area contributed by atoms with Crippen molar-refractivity contribution in [3.63, 3.8) is 0 Å². The van der Waals surface area contributed by atoms with E-state index in [1.54, 1.807) is 0 Å². The summed E-state index contributed by atoms with van der Waals surface area (Å²) in [6, 6.07) is 1.40. The number of piperidine rings is 1. The Labute approximate surface area is 115 Å². The first kappa shape index (κ1) is 14.4. The van der Waals surface area contributed by atoms with E-state index < -0.39 is 0 Å². The molecule has 1 aromatic rings. The lowest BCUT2D eigenvalue weighted by Crippen LogP contribution is -2.37. The number of aromatic amines is 1. The van der Waals surface area contributed by atoms with Gasteiger partial charge in [0.2, 0.25) is 5.43 Å². The van der Waals surface area contributed by atoms with Crippen LogP contribution in [0.25, 0.3) is 0 Å². The second kappa shape index (κ2) is 6.42. The van der Waals surface area contributed by atoms with Gasteiger partial charge in [-0.15, -0.1) is 4.91 Å². The maximum atomic E-state index is 11.5. The van der Waals surface area contributed by atoms with Crippen molar-refractivity contribution in [3.05, 3.63) is 33.1 Å². The van der Waals surface area contributed by atoms with Crippen molar-refractivity contribution in [1.82, 2.24) is 9.88 Å². The minimum atomic E-state index is -0.372. The molecule has 7 heteroatoms. The number of H-pyrrole nitrogens is 1. The van der Waals surface area contributed by atoms with Crippen molar-refractivity contribution in [2.75, 3.05) is 13.1 Å². The SMILES string of the molecule is CC(=O)OC1CCN(Cc2cc(=O)c(N=O)c[nH]2)CC1. The highest BCUT2D eigenvalue weighted by atomic mass is 16.5. The van der Waals surface area contributed by atoms with Gasteiger partial charge in [-0.2, -0.15) is 0 Å². The molecule has 1 saturated heterocycles. The summed E-state index contributed by atoms with van der Waals surface area (Å²) in [6.45, 7) is 3.61. The lowest BCUT2D eigenvalue weighted by Gasteiger charge is -2.31. The predicted octanol–water partition coefficient (Wildman–Crippen LogP) is 1.30. The first-order chi connectivity index (χ1) is 9.58. The highest BCUT2D eigenvalue weighted by molar-refractivity contribution is 5.66. The lowest BCUT2D eigenvalue weighted by atomic mass is 10.1. The van der Waals surface area contributed by atoms with Crippen LogP contribution in [0.4, 0.5) is 5.69 Å². The maximum absolute atomic E-state index is 11.5. The largest absolute Gasteiger partial charge is 0.462 e. The Morgan fingerprint density at radius 1 is 1.50 bits per heavy atom. The van der Waals surface area contributed by atoms with Crippen molar-refractivity contribution < 1.29 is 9.53 Å². The molecular formula is C13H17N3O4. The number of ether oxygens (including phenoxy) is 1. The molecule has 2 rings (SSSR count). The third-order valence-electron chi connectivity index (χ3n) is 3.31. The standard InChI is InChI=1S/C13H17N3O4/c1-9(17)20-11-2-4-16(5-3-11)8-10-6-13(18)12(15-19)7-14-10/h6-7,11H,2-5,8H2,1H3,(H,14,18). The van der Waals surface area contributed by atoms with E-state index in [-0.39, 0.29) is 23.2 Å². The Morgan fingerprint density at radius 2 is 2.20 bits per heavy atom. The van der Waals surface area contributed by atoms with Crippen LogP contribution in [0, 0.1) is 4.91 Å². The summed E-state index contributed by atoms with van der Waals surface area (Å²) in [5, 5.41) is 2.64. The number of hydrogen-bond acceptors (Lipinski definition) is 6. The second-order valence-corrected chi connectivity index (χ2v) is 4.88. The molecule has 1 aliphatic rings. The second-order valence-electron chi connectivity index (χ2n) is 4.88. The molecule has 0 saturated carbocycles. The third kappa shape index (κ3) is 3.74. The Kier molecular flexibility index (Phi) is 4.62. The highest BCUT2D eigenvalue weighted by Crippen LogP contribution is 2.15. The molecule has 0 unspecified atom stereocenters. The van der Waals surface area contributed by atoms with Gasteiger partial charge in [-0.1, -0.05) is 0 Å². The average Bonchev–Trinajstić information content (AvgIpc) is 2.41. The van der Waals surface area contributed by atoms with Gasteiger partial charge >= 0.3 is 5.97 Å². The third-order valence-corrected chi connectivity index (χ3v) is 3.31. The van der Waals surface area contributed by atoms with Crippen molar-refractivity contribution >= 4 is 11.7 Å². The molecular weight excluding hydrogens is 262 g/mol. The summed E-state index contributed by atoms with van der Waals surface area (Å²) in [7, 11) is 0. The number of carbonyl (C=O) groups excluding carboxylic acids is 1. The van der Waals surface area contributed by atoms with E-state index in [0.717, 1.165) is 31.6 Å². The van der Waals surface area contributed by atoms with Crippen LogP contribution in [-0.4, -0.2) is 35.0 Å². The van der Waals surface area contributed by atoms with Gasteiger partial charge in [0.15, 0.2) is 5.69 Å². The molecule has 1 aliphatic heterocycles. The van der Waals surface area contributed by atoms with Gasteiger partial charge in [0, 0.05) is 44.5 Å². The number of esters is 1. The first-order valence-electron chi connectivity index (χ1n) is 6.53. The topological polar surface area (TPSA) is 91.8 Å². The Balaban J connectivity index is 1.89. The van der Waals surface area contributed by atoms with Crippen LogP contribution in [0.2, 0.25) is 0 Å². The fraction of sp³-hybridized carbons (Fsp3) is 0.538. The van der Waals surface area contributed by atoms with E-state index in [0.29, 0.717) is 6.54 Å². The number of pyridine rings is 1. The number of nitroso groups, excluding NO2 is 1. The van der Waals surface area contributed by atoms with E-state index >= 15 is 0 Å². The van der Waals surface area contributed by atoms with Crippen molar-refractivity contribution in [2.24, 2.45) is 5.18 Å². The number of hydrogen-bond donors (Lipinski definition) is 1. The average molecular weight is 279 g/mol. The Hall–Kier alpha value is -2.02. The summed E-state index contributed by atoms with van der Waals surface area (Å²) in [5.41, 5.74) is 0.263. The zero-order valence-electron chi connectivity index (χ0n) is 11.3. The first-order valence-corrected chi connectivity index (χ1v) is 6.53. The van der Waals surface area contributed by atoms with Gasteiger partial charge < -0.3 is 9.72 Å². The van der Waals surface area contributed by atoms with Gasteiger partial charge in [-0.05, 0) is 18.0 Å². The number of likely N-dealkylation sites (tertiary alicyclic amines) is 1. The molecule has 0 spiro atoms. The minimum Gasteiger partial charge on any atom is -0.462 e. The molecule has 0 atom stereocenters. The molecule has 0 amide bonds. The number of nitrogens with one attached hydrogen (secondary N) is 1. The molecule has 0 aromatic carbocycles. The molecule has 7 nitrogen and oxygen atoms in total. The number of rotatable bonds is 4. The van der Waals surface area contributed by atoms with Crippen LogP contribution < -0.4 is 5.43 Å². The molecule has 20 heavy (non-hydrogen) atoms.